The van der Waals surface area contributed by atoms with E-state index in [0.717, 1.165) is 10.0 Å². The molecule has 1 amide bonds. The van der Waals surface area contributed by atoms with Gasteiger partial charge in [-0.25, -0.2) is 4.98 Å². The molecule has 19 heavy (non-hydrogen) atoms. The van der Waals surface area contributed by atoms with Crippen LogP contribution in [-0.2, 0) is 14.3 Å². The second-order valence-corrected chi connectivity index (χ2v) is 5.25. The molecule has 1 aromatic heterocycles. The first-order chi connectivity index (χ1) is 8.95. The van der Waals surface area contributed by atoms with Crippen molar-refractivity contribution >= 4 is 39.3 Å². The smallest absolute Gasteiger partial charge is 0.311 e. The van der Waals surface area contributed by atoms with Crippen LogP contribution in [0.5, 0.6) is 0 Å². The quantitative estimate of drug-likeness (QED) is 0.826. The van der Waals surface area contributed by atoms with Crippen molar-refractivity contribution in [3.05, 3.63) is 16.2 Å². The molecule has 102 valence electrons. The molecule has 1 aliphatic rings. The number of carbonyl (C=O) groups is 2. The van der Waals surface area contributed by atoms with Crippen LogP contribution in [0.3, 0.4) is 0 Å². The molecule has 0 saturated carbocycles. The molecule has 0 aromatic carbocycles. The van der Waals surface area contributed by atoms with E-state index in [9.17, 15) is 9.59 Å². The number of rotatable bonds is 2. The summed E-state index contributed by atoms with van der Waals surface area (Å²) in [5.41, 5.74) is 7.23. The molecule has 1 aromatic rings. The second-order valence-electron chi connectivity index (χ2n) is 4.39. The Hall–Kier alpha value is -1.63. The maximum absolute atomic E-state index is 12.0. The minimum Gasteiger partial charge on any atom is -0.469 e. The standard InChI is InChI=1S/C12H14BrN3O3/c1-6-8(13)4-15-11(14)10(6)16-5-7(3-9(16)17)12(18)19-2/h4,7H,3,5H2,1-2H3,(H2,14,15). The van der Waals surface area contributed by atoms with Crippen LogP contribution in [0, 0.1) is 12.8 Å². The monoisotopic (exact) mass is 327 g/mol. The lowest BCUT2D eigenvalue weighted by Gasteiger charge is -2.20. The van der Waals surface area contributed by atoms with Gasteiger partial charge in [-0.15, -0.1) is 0 Å². The number of hydrogen-bond acceptors (Lipinski definition) is 5. The summed E-state index contributed by atoms with van der Waals surface area (Å²) in [6, 6.07) is 0. The van der Waals surface area contributed by atoms with Crippen molar-refractivity contribution in [1.82, 2.24) is 4.98 Å². The van der Waals surface area contributed by atoms with E-state index >= 15 is 0 Å². The molecule has 2 rings (SSSR count). The SMILES string of the molecule is COC(=O)C1CC(=O)N(c2c(N)ncc(Br)c2C)C1. The fourth-order valence-electron chi connectivity index (χ4n) is 2.18. The minimum atomic E-state index is -0.449. The van der Waals surface area contributed by atoms with Crippen LogP contribution in [0.2, 0.25) is 0 Å². The number of anilines is 2. The summed E-state index contributed by atoms with van der Waals surface area (Å²) < 4.78 is 5.45. The molecule has 1 unspecified atom stereocenters. The topological polar surface area (TPSA) is 85.5 Å². The van der Waals surface area contributed by atoms with Gasteiger partial charge in [0.05, 0.1) is 18.7 Å². The van der Waals surface area contributed by atoms with Crippen molar-refractivity contribution in [3.8, 4) is 0 Å². The molecule has 2 heterocycles. The Morgan fingerprint density at radius 3 is 2.95 bits per heavy atom. The van der Waals surface area contributed by atoms with Gasteiger partial charge in [-0.1, -0.05) is 0 Å². The van der Waals surface area contributed by atoms with E-state index in [0.29, 0.717) is 5.69 Å². The summed E-state index contributed by atoms with van der Waals surface area (Å²) in [5, 5.41) is 0. The first kappa shape index (κ1) is 13.8. The third-order valence-electron chi connectivity index (χ3n) is 3.20. The van der Waals surface area contributed by atoms with Gasteiger partial charge in [0.15, 0.2) is 0 Å². The van der Waals surface area contributed by atoms with E-state index in [1.54, 1.807) is 6.20 Å². The molecule has 2 N–H and O–H groups in total. The van der Waals surface area contributed by atoms with Gasteiger partial charge in [0, 0.05) is 23.6 Å². The first-order valence-electron chi connectivity index (χ1n) is 5.74. The average molecular weight is 328 g/mol. The van der Waals surface area contributed by atoms with E-state index in [2.05, 4.69) is 25.7 Å². The molecule has 0 aliphatic carbocycles. The molecular weight excluding hydrogens is 314 g/mol. The minimum absolute atomic E-state index is 0.137. The van der Waals surface area contributed by atoms with E-state index in [1.165, 1.54) is 12.0 Å². The summed E-state index contributed by atoms with van der Waals surface area (Å²) in [6.07, 6.45) is 1.73. The molecular formula is C12H14BrN3O3. The van der Waals surface area contributed by atoms with Gasteiger partial charge >= 0.3 is 5.97 Å². The molecule has 1 aliphatic heterocycles. The third kappa shape index (κ3) is 2.42. The Morgan fingerprint density at radius 1 is 1.63 bits per heavy atom. The number of esters is 1. The molecule has 7 heteroatoms. The predicted molar refractivity (Wildman–Crippen MR) is 73.6 cm³/mol. The number of pyridine rings is 1. The molecule has 0 radical (unpaired) electrons. The Labute approximate surface area is 119 Å². The second kappa shape index (κ2) is 5.16. The van der Waals surface area contributed by atoms with E-state index in [4.69, 9.17) is 5.73 Å². The number of amides is 1. The van der Waals surface area contributed by atoms with Crippen LogP contribution < -0.4 is 10.6 Å². The van der Waals surface area contributed by atoms with Crippen LogP contribution in [0.25, 0.3) is 0 Å². The van der Waals surface area contributed by atoms with Crippen molar-refractivity contribution in [2.45, 2.75) is 13.3 Å². The summed E-state index contributed by atoms with van der Waals surface area (Å²) >= 11 is 3.36. The Morgan fingerprint density at radius 2 is 2.32 bits per heavy atom. The highest BCUT2D eigenvalue weighted by atomic mass is 79.9. The Balaban J connectivity index is 2.36. The van der Waals surface area contributed by atoms with Crippen molar-refractivity contribution in [2.24, 2.45) is 5.92 Å². The highest BCUT2D eigenvalue weighted by Gasteiger charge is 2.37. The van der Waals surface area contributed by atoms with E-state index in [-0.39, 0.29) is 30.7 Å². The zero-order chi connectivity index (χ0) is 14.2. The number of methoxy groups -OCH3 is 1. The van der Waals surface area contributed by atoms with Crippen molar-refractivity contribution in [2.75, 3.05) is 24.3 Å². The lowest BCUT2D eigenvalue weighted by atomic mass is 10.1. The third-order valence-corrected chi connectivity index (χ3v) is 4.00. The van der Waals surface area contributed by atoms with Gasteiger partial charge in [-0.05, 0) is 28.4 Å². The van der Waals surface area contributed by atoms with Crippen LogP contribution in [0.4, 0.5) is 11.5 Å². The zero-order valence-electron chi connectivity index (χ0n) is 10.6. The van der Waals surface area contributed by atoms with Gasteiger partial charge in [-0.3, -0.25) is 9.59 Å². The lowest BCUT2D eigenvalue weighted by molar-refractivity contribution is -0.145. The van der Waals surface area contributed by atoms with Gasteiger partial charge in [0.25, 0.3) is 0 Å². The molecule has 0 spiro atoms. The maximum atomic E-state index is 12.0. The maximum Gasteiger partial charge on any atom is 0.311 e. The predicted octanol–water partition coefficient (Wildman–Crippen LogP) is 1.26. The van der Waals surface area contributed by atoms with Gasteiger partial charge in [0.1, 0.15) is 5.82 Å². The highest BCUT2D eigenvalue weighted by molar-refractivity contribution is 9.10. The average Bonchev–Trinajstić information content (AvgIpc) is 2.76. The number of carbonyl (C=O) groups excluding carboxylic acids is 2. The fraction of sp³-hybridized carbons (Fsp3) is 0.417. The fourth-order valence-corrected chi connectivity index (χ4v) is 2.47. The number of halogens is 1. The van der Waals surface area contributed by atoms with Crippen LogP contribution in [0.15, 0.2) is 10.7 Å². The van der Waals surface area contributed by atoms with Gasteiger partial charge < -0.3 is 15.4 Å². The van der Waals surface area contributed by atoms with Crippen LogP contribution in [-0.4, -0.2) is 30.5 Å². The van der Waals surface area contributed by atoms with E-state index < -0.39 is 5.92 Å². The largest absolute Gasteiger partial charge is 0.469 e. The zero-order valence-corrected chi connectivity index (χ0v) is 12.2. The number of nitrogens with two attached hydrogens (primary N) is 1. The van der Waals surface area contributed by atoms with Crippen molar-refractivity contribution < 1.29 is 14.3 Å². The summed E-state index contributed by atoms with van der Waals surface area (Å²) in [4.78, 5) is 29.1. The highest BCUT2D eigenvalue weighted by Crippen LogP contribution is 2.35. The lowest BCUT2D eigenvalue weighted by Crippen LogP contribution is -2.28. The van der Waals surface area contributed by atoms with Gasteiger partial charge in [-0.2, -0.15) is 0 Å². The molecule has 0 bridgehead atoms. The molecule has 1 atom stereocenters. The number of hydrogen-bond donors (Lipinski definition) is 1. The Kier molecular flexibility index (Phi) is 3.75. The molecule has 1 saturated heterocycles. The Bertz CT molecular complexity index is 547. The van der Waals surface area contributed by atoms with Crippen molar-refractivity contribution in [3.63, 3.8) is 0 Å². The number of nitrogen functional groups attached to an aromatic ring is 1. The van der Waals surface area contributed by atoms with Gasteiger partial charge in [0.2, 0.25) is 5.91 Å². The summed E-state index contributed by atoms with van der Waals surface area (Å²) in [5.74, 6) is -0.699. The normalized spacial score (nSPS) is 18.8. The van der Waals surface area contributed by atoms with E-state index in [1.807, 2.05) is 6.92 Å². The van der Waals surface area contributed by atoms with Crippen LogP contribution in [0.1, 0.15) is 12.0 Å². The summed E-state index contributed by atoms with van der Waals surface area (Å²) in [7, 11) is 1.32. The summed E-state index contributed by atoms with van der Waals surface area (Å²) in [6.45, 7) is 2.12. The first-order valence-corrected chi connectivity index (χ1v) is 6.53. The number of nitrogens with zero attached hydrogens (tertiary/aromatic N) is 2. The van der Waals surface area contributed by atoms with Crippen LogP contribution >= 0.6 is 15.9 Å². The van der Waals surface area contributed by atoms with Crippen molar-refractivity contribution in [1.29, 1.82) is 0 Å². The molecule has 1 fully saturated rings. The molecule has 6 nitrogen and oxygen atoms in total. The number of aromatic nitrogens is 1. The number of ether oxygens (including phenoxy) is 1.